The van der Waals surface area contributed by atoms with Crippen molar-refractivity contribution in [3.8, 4) is 0 Å². The highest BCUT2D eigenvalue weighted by molar-refractivity contribution is 7.94. The maximum atomic E-state index is 14.2. The van der Waals surface area contributed by atoms with Crippen LogP contribution >= 0.6 is 12.0 Å². The van der Waals surface area contributed by atoms with Crippen molar-refractivity contribution in [2.45, 2.75) is 90.9 Å². The van der Waals surface area contributed by atoms with Gasteiger partial charge in [-0.15, -0.1) is 16.7 Å². The third-order valence-electron chi connectivity index (χ3n) is 11.4. The fraction of sp³-hybridized carbons (Fsp3) is 0.500. The summed E-state index contributed by atoms with van der Waals surface area (Å²) in [6.45, 7) is 14.4. The highest BCUT2D eigenvalue weighted by Crippen LogP contribution is 2.49. The Balaban J connectivity index is 1.58. The molecule has 0 N–H and O–H groups in total. The molecule has 0 bridgehead atoms. The minimum Gasteiger partial charge on any atom is -0.748 e. The quantitative estimate of drug-likeness (QED) is 0.0398. The van der Waals surface area contributed by atoms with E-state index < -0.39 is 26.1 Å². The van der Waals surface area contributed by atoms with Crippen molar-refractivity contribution in [2.24, 2.45) is 0 Å². The van der Waals surface area contributed by atoms with Crippen molar-refractivity contribution in [3.63, 3.8) is 0 Å². The molecule has 1 aliphatic carbocycles. The number of hydrogen-bond acceptors (Lipinski definition) is 11. The molecular weight excluding hydrogens is 785 g/mol. The molecule has 2 heterocycles. The summed E-state index contributed by atoms with van der Waals surface area (Å²) in [5, 5.41) is 13.7. The zero-order valence-electron chi connectivity index (χ0n) is 34.2. The summed E-state index contributed by atoms with van der Waals surface area (Å²) in [5.74, 6) is 0.217. The Labute approximate surface area is 344 Å². The molecule has 1 saturated carbocycles. The summed E-state index contributed by atoms with van der Waals surface area (Å²) in [7, 11) is -6.52. The fourth-order valence-electron chi connectivity index (χ4n) is 8.44. The van der Waals surface area contributed by atoms with Gasteiger partial charge in [-0.05, 0) is 73.9 Å². The molecule has 312 valence electrons. The first kappa shape index (κ1) is 44.8. The molecule has 12 nitrogen and oxygen atoms in total. The molecule has 2 aromatic rings. The van der Waals surface area contributed by atoms with Gasteiger partial charge in [-0.1, -0.05) is 90.1 Å². The fourth-order valence-corrected chi connectivity index (χ4v) is 10.9. The van der Waals surface area contributed by atoms with Crippen LogP contribution in [0.25, 0.3) is 0 Å². The van der Waals surface area contributed by atoms with Crippen LogP contribution in [0.15, 0.2) is 95.4 Å². The van der Waals surface area contributed by atoms with E-state index in [-0.39, 0.29) is 17.3 Å². The van der Waals surface area contributed by atoms with Gasteiger partial charge < -0.3 is 19.6 Å². The van der Waals surface area contributed by atoms with Crippen LogP contribution in [0.4, 0.5) is 11.4 Å². The van der Waals surface area contributed by atoms with Gasteiger partial charge in [0.15, 0.2) is 7.05 Å². The van der Waals surface area contributed by atoms with Crippen LogP contribution in [-0.4, -0.2) is 80.1 Å². The van der Waals surface area contributed by atoms with E-state index in [4.69, 9.17) is 0 Å². The number of fused-ring (bicyclic) bond motifs is 2. The van der Waals surface area contributed by atoms with E-state index >= 15 is 0 Å². The second-order valence-electron chi connectivity index (χ2n) is 15.6. The standard InChI is InChI=1S/C42H58N4O8S3/c1-8-44(9-2)57(51,52)43(7)40-32(24-26-38-41(3,4)34-18-10-12-20-36(34)45(38)28-14-16-30-55-54-53-47)22-23-33(40)25-27-39-42(5,6)35-19-11-13-21-37(35)46(39)29-15-17-31-56(48,49)50/h10-13,18-21,24-27H,8-9,14-17,22-23,28-31H2,1-7H3,(H-,47,48,49,50)/p-1. The summed E-state index contributed by atoms with van der Waals surface area (Å²) in [6, 6.07) is 16.6. The second-order valence-corrected chi connectivity index (χ2v) is 19.9. The van der Waals surface area contributed by atoms with Crippen molar-refractivity contribution in [1.29, 1.82) is 0 Å². The lowest BCUT2D eigenvalue weighted by Crippen LogP contribution is -2.39. The summed E-state index contributed by atoms with van der Waals surface area (Å²) in [6.07, 6.45) is 12.1. The number of hydrogen-bond donors (Lipinski definition) is 0. The van der Waals surface area contributed by atoms with Crippen molar-refractivity contribution in [3.05, 3.63) is 107 Å². The predicted octanol–water partition coefficient (Wildman–Crippen LogP) is 6.64. The average molecular weight is 842 g/mol. The lowest BCUT2D eigenvalue weighted by Gasteiger charge is -2.27. The number of unbranched alkanes of at least 4 members (excludes halogenated alkanes) is 2. The molecule has 0 amide bonds. The van der Waals surface area contributed by atoms with Gasteiger partial charge >= 0.3 is 10.2 Å². The average Bonchev–Trinajstić information content (AvgIpc) is 3.74. The Morgan fingerprint density at radius 2 is 1.25 bits per heavy atom. The molecule has 0 spiro atoms. The van der Waals surface area contributed by atoms with Gasteiger partial charge in [0, 0.05) is 94.5 Å². The molecule has 0 aromatic heterocycles. The van der Waals surface area contributed by atoms with E-state index in [1.165, 1.54) is 13.8 Å². The Hall–Kier alpha value is -3.28. The van der Waals surface area contributed by atoms with E-state index in [1.807, 2.05) is 32.0 Å². The summed E-state index contributed by atoms with van der Waals surface area (Å²) >= 11 is 0.993. The number of benzene rings is 2. The molecule has 0 saturated heterocycles. The van der Waals surface area contributed by atoms with Crippen LogP contribution in [0.1, 0.15) is 91.2 Å². The second kappa shape index (κ2) is 18.8. The van der Waals surface area contributed by atoms with Gasteiger partial charge in [-0.3, -0.25) is 5.04 Å². The Kier molecular flexibility index (Phi) is 14.7. The molecule has 0 atom stereocenters. The molecule has 2 aliphatic heterocycles. The summed E-state index contributed by atoms with van der Waals surface area (Å²) in [4.78, 5) is 4.54. The highest BCUT2D eigenvalue weighted by Gasteiger charge is 2.42. The lowest BCUT2D eigenvalue weighted by molar-refractivity contribution is -0.777. The zero-order valence-corrected chi connectivity index (χ0v) is 36.6. The maximum absolute atomic E-state index is 14.2. The molecule has 57 heavy (non-hydrogen) atoms. The molecule has 2 aromatic carbocycles. The minimum atomic E-state index is -4.30. The lowest BCUT2D eigenvalue weighted by atomic mass is 9.83. The highest BCUT2D eigenvalue weighted by atomic mass is 32.2. The minimum absolute atomic E-state index is 0.264. The van der Waals surface area contributed by atoms with Crippen LogP contribution in [0.3, 0.4) is 0 Å². The first-order chi connectivity index (χ1) is 27.0. The van der Waals surface area contributed by atoms with Crippen LogP contribution in [0.5, 0.6) is 0 Å². The molecule has 5 rings (SSSR count). The van der Waals surface area contributed by atoms with Gasteiger partial charge in [0.05, 0.1) is 10.1 Å². The maximum Gasteiger partial charge on any atom is 0.442 e. The van der Waals surface area contributed by atoms with Gasteiger partial charge in [-0.2, -0.15) is 4.33 Å². The monoisotopic (exact) mass is 841 g/mol. The third kappa shape index (κ3) is 9.79. The van der Waals surface area contributed by atoms with E-state index in [2.05, 4.69) is 102 Å². The Morgan fingerprint density at radius 1 is 0.772 bits per heavy atom. The predicted molar refractivity (Wildman–Crippen MR) is 226 cm³/mol. The van der Waals surface area contributed by atoms with Crippen LogP contribution in [0.2, 0.25) is 0 Å². The van der Waals surface area contributed by atoms with Gasteiger partial charge in [0.2, 0.25) is 5.71 Å². The van der Waals surface area contributed by atoms with Crippen LogP contribution < -0.4 is 15.1 Å². The Morgan fingerprint density at radius 3 is 1.70 bits per heavy atom. The number of para-hydroxylation sites is 2. The topological polar surface area (TPSA) is 146 Å². The number of allylic oxidation sites excluding steroid dienone is 8. The third-order valence-corrected chi connectivity index (χ3v) is 14.8. The normalized spacial score (nSPS) is 21.4. The summed E-state index contributed by atoms with van der Waals surface area (Å²) < 4.78 is 69.7. The van der Waals surface area contributed by atoms with Crippen LogP contribution in [0, 0.1) is 0 Å². The van der Waals surface area contributed by atoms with Crippen molar-refractivity contribution >= 4 is 49.5 Å². The van der Waals surface area contributed by atoms with E-state index in [1.54, 1.807) is 7.05 Å². The van der Waals surface area contributed by atoms with E-state index in [0.717, 1.165) is 70.9 Å². The molecule has 0 radical (unpaired) electrons. The first-order valence-corrected chi connectivity index (χ1v) is 23.6. The summed E-state index contributed by atoms with van der Waals surface area (Å²) in [5.41, 5.74) is 8.46. The van der Waals surface area contributed by atoms with E-state index in [9.17, 15) is 26.6 Å². The van der Waals surface area contributed by atoms with Gasteiger partial charge in [0.1, 0.15) is 0 Å². The number of anilines is 2. The smallest absolute Gasteiger partial charge is 0.442 e. The molecule has 1 fully saturated rings. The Bertz CT molecular complexity index is 2150. The van der Waals surface area contributed by atoms with Gasteiger partial charge in [0.25, 0.3) is 0 Å². The molecule has 15 heteroatoms. The molecule has 0 unspecified atom stereocenters. The van der Waals surface area contributed by atoms with Crippen molar-refractivity contribution in [2.75, 3.05) is 54.5 Å². The largest absolute Gasteiger partial charge is 0.748 e. The molecular formula is C42H57N4O8S3-. The van der Waals surface area contributed by atoms with Crippen molar-refractivity contribution in [1.82, 2.24) is 4.31 Å². The first-order valence-electron chi connectivity index (χ1n) is 19.7. The van der Waals surface area contributed by atoms with Crippen molar-refractivity contribution < 1.29 is 40.0 Å². The SMILES string of the molecule is CCN(CC)S(=O)(=O)/[N+](C)=C1C(=C/C=C2/N(CCCCSOO[O-])c3ccccc3C2(C)C)/CCC/1=C\C=C1\N(CCCCS(=O)(=O)[O-])c2ccccc2C1(C)C. The zero-order chi connectivity index (χ0) is 41.6. The number of nitrogens with zero attached hydrogens (tertiary/aromatic N) is 4. The van der Waals surface area contributed by atoms with E-state index in [0.29, 0.717) is 50.4 Å². The molecule has 3 aliphatic rings. The van der Waals surface area contributed by atoms with Crippen LogP contribution in [-0.2, 0) is 40.5 Å². The number of rotatable bonds is 18. The van der Waals surface area contributed by atoms with Gasteiger partial charge in [-0.25, -0.2) is 8.42 Å².